The molecule has 6 aliphatic rings. The fraction of sp³-hybridized carbons (Fsp3) is 0.680. The smallest absolute Gasteiger partial charge is 0.331 e. The molecule has 33 heavy (non-hydrogen) atoms. The van der Waals surface area contributed by atoms with Crippen molar-refractivity contribution in [2.24, 2.45) is 16.7 Å². The molecule has 1 N–H and O–H groups in total. The molecule has 0 amide bonds. The van der Waals surface area contributed by atoms with E-state index in [0.29, 0.717) is 19.3 Å². The first-order chi connectivity index (χ1) is 15.5. The maximum Gasteiger partial charge on any atom is 0.331 e. The van der Waals surface area contributed by atoms with Crippen LogP contribution in [0.3, 0.4) is 0 Å². The minimum Gasteiger partial charge on any atom is -0.472 e. The van der Waals surface area contributed by atoms with Gasteiger partial charge in [0.05, 0.1) is 24.2 Å². The van der Waals surface area contributed by atoms with Crippen LogP contribution in [0, 0.1) is 16.7 Å². The average molecular weight is 456 g/mol. The van der Waals surface area contributed by atoms with Crippen LogP contribution in [-0.2, 0) is 28.5 Å². The summed E-state index contributed by atoms with van der Waals surface area (Å²) in [4.78, 5) is 25.2. The van der Waals surface area contributed by atoms with Crippen molar-refractivity contribution in [2.45, 2.75) is 87.7 Å². The Morgan fingerprint density at radius 3 is 2.67 bits per heavy atom. The molecule has 5 heterocycles. The molecule has 8 nitrogen and oxygen atoms in total. The van der Waals surface area contributed by atoms with Crippen LogP contribution in [0.4, 0.5) is 0 Å². The highest BCUT2D eigenvalue weighted by Gasteiger charge is 2.92. The second kappa shape index (κ2) is 5.56. The molecule has 0 bridgehead atoms. The van der Waals surface area contributed by atoms with Gasteiger partial charge in [-0.1, -0.05) is 0 Å². The van der Waals surface area contributed by atoms with Crippen molar-refractivity contribution in [1.82, 2.24) is 0 Å². The number of aliphatic hydroxyl groups is 1. The third kappa shape index (κ3) is 2.14. The van der Waals surface area contributed by atoms with Gasteiger partial charge in [-0.2, -0.15) is 0 Å². The van der Waals surface area contributed by atoms with E-state index in [1.165, 1.54) is 6.08 Å². The van der Waals surface area contributed by atoms with E-state index < -0.39 is 45.6 Å². The highest BCUT2D eigenvalue weighted by atomic mass is 16.7. The van der Waals surface area contributed by atoms with Crippen LogP contribution < -0.4 is 0 Å². The molecular weight excluding hydrogens is 428 g/mol. The van der Waals surface area contributed by atoms with Gasteiger partial charge < -0.3 is 28.5 Å². The van der Waals surface area contributed by atoms with E-state index in [4.69, 9.17) is 23.4 Å². The highest BCUT2D eigenvalue weighted by molar-refractivity contribution is 5.88. The Kier molecular flexibility index (Phi) is 3.41. The van der Waals surface area contributed by atoms with Crippen LogP contribution in [0.1, 0.15) is 64.5 Å². The molecule has 0 radical (unpaired) electrons. The summed E-state index contributed by atoms with van der Waals surface area (Å²) < 4.78 is 29.8. The van der Waals surface area contributed by atoms with Gasteiger partial charge in [0.1, 0.15) is 22.7 Å². The molecule has 1 aromatic rings. The lowest BCUT2D eigenvalue weighted by molar-refractivity contribution is -0.240. The maximum absolute atomic E-state index is 13.3. The highest BCUT2D eigenvalue weighted by Crippen LogP contribution is 2.85. The summed E-state index contributed by atoms with van der Waals surface area (Å²) in [5.41, 5.74) is -3.47. The van der Waals surface area contributed by atoms with Crippen molar-refractivity contribution in [3.63, 3.8) is 0 Å². The number of carbonyl (C=O) groups is 2. The fourth-order valence-electron chi connectivity index (χ4n) is 8.31. The third-order valence-corrected chi connectivity index (χ3v) is 9.61. The Labute approximate surface area is 191 Å². The summed E-state index contributed by atoms with van der Waals surface area (Å²) in [5.74, 6) is -1.95. The molecule has 1 aromatic heterocycles. The summed E-state index contributed by atoms with van der Waals surface area (Å²) in [6.45, 7) is 5.81. The number of hydrogen-bond donors (Lipinski definition) is 1. The van der Waals surface area contributed by atoms with Crippen LogP contribution >= 0.6 is 0 Å². The topological polar surface area (TPSA) is 104 Å². The van der Waals surface area contributed by atoms with Gasteiger partial charge in [0.25, 0.3) is 0 Å². The molecule has 8 atom stereocenters. The predicted molar refractivity (Wildman–Crippen MR) is 110 cm³/mol. The number of hydrogen-bond acceptors (Lipinski definition) is 8. The van der Waals surface area contributed by atoms with Gasteiger partial charge >= 0.3 is 11.9 Å². The Bertz CT molecular complexity index is 1110. The first-order valence-corrected chi connectivity index (χ1v) is 11.8. The van der Waals surface area contributed by atoms with E-state index in [2.05, 4.69) is 0 Å². The minimum atomic E-state index is -1.38. The number of esters is 2. The predicted octanol–water partition coefficient (Wildman–Crippen LogP) is 2.95. The number of cyclic esters (lactones) is 2. The Hall–Kier alpha value is -2.16. The quantitative estimate of drug-likeness (QED) is 0.678. The lowest BCUT2D eigenvalue weighted by Crippen LogP contribution is -2.54. The number of ether oxygens (including phenoxy) is 4. The van der Waals surface area contributed by atoms with E-state index in [0.717, 1.165) is 12.0 Å². The van der Waals surface area contributed by atoms with E-state index in [-0.39, 0.29) is 24.3 Å². The van der Waals surface area contributed by atoms with Gasteiger partial charge in [-0.15, -0.1) is 0 Å². The summed E-state index contributed by atoms with van der Waals surface area (Å²) in [5, 5.41) is 12.2. The zero-order valence-corrected chi connectivity index (χ0v) is 19.0. The number of furan rings is 1. The second-order valence-electron chi connectivity index (χ2n) is 11.6. The van der Waals surface area contributed by atoms with Gasteiger partial charge in [-0.25, -0.2) is 4.79 Å². The zero-order chi connectivity index (χ0) is 23.1. The Balaban J connectivity index is 1.24. The van der Waals surface area contributed by atoms with Crippen molar-refractivity contribution < 1.29 is 38.1 Å². The lowest BCUT2D eigenvalue weighted by atomic mass is 9.65. The van der Waals surface area contributed by atoms with Crippen LogP contribution in [0.2, 0.25) is 0 Å². The first kappa shape index (κ1) is 20.2. The van der Waals surface area contributed by atoms with E-state index >= 15 is 0 Å². The summed E-state index contributed by atoms with van der Waals surface area (Å²) in [7, 11) is 0. The molecule has 8 heteroatoms. The summed E-state index contributed by atoms with van der Waals surface area (Å²) in [6, 6.07) is 1.83. The van der Waals surface area contributed by atoms with Gasteiger partial charge in [0, 0.05) is 35.8 Å². The van der Waals surface area contributed by atoms with Crippen LogP contribution in [0.5, 0.6) is 0 Å². The molecule has 176 valence electrons. The lowest BCUT2D eigenvalue weighted by Gasteiger charge is -2.39. The molecular formula is C25H28O8. The normalized spacial score (nSPS) is 53.0. The van der Waals surface area contributed by atoms with E-state index in [9.17, 15) is 14.7 Å². The maximum atomic E-state index is 13.3. The SMILES string of the molecule is CC1(C)O[C@@]2(C[C@H]1[C@]1(C)C=CC(=O)O1)C[C@]1(O)[C@H](CC[C@]34C[C@@]31C(=O)O[C@@H]4c1ccoc1)O2. The minimum absolute atomic E-state index is 0.174. The third-order valence-electron chi connectivity index (χ3n) is 9.61. The molecule has 0 aromatic carbocycles. The number of carbonyl (C=O) groups excluding carboxylic acids is 2. The van der Waals surface area contributed by atoms with Crippen molar-refractivity contribution in [3.05, 3.63) is 36.3 Å². The van der Waals surface area contributed by atoms with Crippen LogP contribution in [0.15, 0.2) is 35.2 Å². The largest absolute Gasteiger partial charge is 0.472 e. The molecule has 0 unspecified atom stereocenters. The van der Waals surface area contributed by atoms with Gasteiger partial charge in [0.15, 0.2) is 5.79 Å². The number of fused-ring (bicyclic) bond motifs is 1. The van der Waals surface area contributed by atoms with Crippen molar-refractivity contribution >= 4 is 11.9 Å². The average Bonchev–Trinajstić information content (AvgIpc) is 3.20. The van der Waals surface area contributed by atoms with E-state index in [1.54, 1.807) is 18.6 Å². The molecule has 1 spiro atoms. The van der Waals surface area contributed by atoms with Crippen LogP contribution in [-0.4, -0.2) is 45.7 Å². The second-order valence-corrected chi connectivity index (χ2v) is 11.6. The van der Waals surface area contributed by atoms with E-state index in [1.807, 2.05) is 26.8 Å². The molecule has 7 rings (SSSR count). The van der Waals surface area contributed by atoms with Crippen molar-refractivity contribution in [3.8, 4) is 0 Å². The van der Waals surface area contributed by atoms with Crippen LogP contribution in [0.25, 0.3) is 0 Å². The molecule has 2 aliphatic carbocycles. The zero-order valence-electron chi connectivity index (χ0n) is 19.0. The monoisotopic (exact) mass is 456 g/mol. The Morgan fingerprint density at radius 2 is 1.97 bits per heavy atom. The first-order valence-electron chi connectivity index (χ1n) is 11.8. The fourth-order valence-corrected chi connectivity index (χ4v) is 8.31. The molecule has 2 saturated carbocycles. The molecule has 4 aliphatic heterocycles. The van der Waals surface area contributed by atoms with Gasteiger partial charge in [0.2, 0.25) is 0 Å². The summed E-state index contributed by atoms with van der Waals surface area (Å²) >= 11 is 0. The number of rotatable bonds is 2. The molecule has 3 saturated heterocycles. The standard InChI is InChI=1S/C25H28O8/c1-20(2)15(21(3)7-5-17(26)32-21)10-23(33-20)13-25(28)16(31-23)4-8-22-12-24(22,25)19(27)30-18(22)14-6-9-29-11-14/h5-7,9,11,15-16,18,28H,4,8,10,12-13H2,1-3H3/t15-,16+,18-,21+,22-,23+,24-,25+/m1/s1. The Morgan fingerprint density at radius 1 is 1.15 bits per heavy atom. The van der Waals surface area contributed by atoms with Crippen molar-refractivity contribution in [1.29, 1.82) is 0 Å². The van der Waals surface area contributed by atoms with Gasteiger partial charge in [-0.05, 0) is 52.2 Å². The molecule has 5 fully saturated rings. The summed E-state index contributed by atoms with van der Waals surface area (Å²) in [6.07, 6.45) is 8.06. The van der Waals surface area contributed by atoms with Gasteiger partial charge in [-0.3, -0.25) is 4.79 Å². The van der Waals surface area contributed by atoms with Crippen molar-refractivity contribution in [2.75, 3.05) is 0 Å².